The van der Waals surface area contributed by atoms with Crippen molar-refractivity contribution < 1.29 is 14.3 Å². The van der Waals surface area contributed by atoms with Crippen LogP contribution in [0.2, 0.25) is 0 Å². The maximum atomic E-state index is 12.6. The molecule has 1 aliphatic heterocycles. The van der Waals surface area contributed by atoms with Gasteiger partial charge < -0.3 is 14.8 Å². The number of carbonyl (C=O) groups is 1. The quantitative estimate of drug-likeness (QED) is 0.898. The number of hydrogen-bond acceptors (Lipinski definition) is 4. The van der Waals surface area contributed by atoms with Gasteiger partial charge in [-0.1, -0.05) is 30.3 Å². The van der Waals surface area contributed by atoms with Crippen LogP contribution >= 0.6 is 0 Å². The number of rotatable bonds is 5. The van der Waals surface area contributed by atoms with Gasteiger partial charge in [0.05, 0.1) is 19.3 Å². The molecule has 136 valence electrons. The van der Waals surface area contributed by atoms with Gasteiger partial charge in [0.15, 0.2) is 0 Å². The maximum Gasteiger partial charge on any atom is 0.220 e. The highest BCUT2D eigenvalue weighted by atomic mass is 16.5. The van der Waals surface area contributed by atoms with E-state index in [-0.39, 0.29) is 18.1 Å². The van der Waals surface area contributed by atoms with Crippen LogP contribution in [0.15, 0.2) is 48.7 Å². The molecule has 1 amide bonds. The molecule has 1 aromatic carbocycles. The number of nitrogens with one attached hydrogen (secondary N) is 1. The minimum absolute atomic E-state index is 0.0768. The zero-order chi connectivity index (χ0) is 17.8. The average Bonchev–Trinajstić information content (AvgIpc) is 3.06. The van der Waals surface area contributed by atoms with Crippen molar-refractivity contribution in [1.82, 2.24) is 10.3 Å². The molecule has 1 aliphatic carbocycles. The summed E-state index contributed by atoms with van der Waals surface area (Å²) in [6.45, 7) is 1.12. The average molecular weight is 352 g/mol. The molecular formula is C21H24N2O3. The molecule has 0 saturated carbocycles. The van der Waals surface area contributed by atoms with Crippen LogP contribution in [-0.2, 0) is 22.4 Å². The maximum absolute atomic E-state index is 12.6. The third kappa shape index (κ3) is 4.05. The monoisotopic (exact) mass is 352 g/mol. The van der Waals surface area contributed by atoms with Gasteiger partial charge in [0.25, 0.3) is 0 Å². The minimum atomic E-state index is -0.137. The predicted octanol–water partition coefficient (Wildman–Crippen LogP) is 2.54. The van der Waals surface area contributed by atoms with E-state index in [1.165, 1.54) is 11.1 Å². The molecule has 5 heteroatoms. The third-order valence-electron chi connectivity index (χ3n) is 5.16. The first kappa shape index (κ1) is 17.0. The number of fused-ring (bicyclic) bond motifs is 1. The van der Waals surface area contributed by atoms with Crippen molar-refractivity contribution in [3.8, 4) is 5.88 Å². The molecule has 4 rings (SSSR count). The Balaban J connectivity index is 1.32. The summed E-state index contributed by atoms with van der Waals surface area (Å²) < 4.78 is 11.5. The van der Waals surface area contributed by atoms with E-state index in [1.54, 1.807) is 6.20 Å². The highest BCUT2D eigenvalue weighted by Gasteiger charge is 2.30. The largest absolute Gasteiger partial charge is 0.472 e. The van der Waals surface area contributed by atoms with Crippen LogP contribution < -0.4 is 10.1 Å². The Labute approximate surface area is 153 Å². The Bertz CT molecular complexity index is 725. The first-order valence-electron chi connectivity index (χ1n) is 9.29. The van der Waals surface area contributed by atoms with Gasteiger partial charge in [-0.15, -0.1) is 0 Å². The Morgan fingerprint density at radius 3 is 2.65 bits per heavy atom. The van der Waals surface area contributed by atoms with Gasteiger partial charge in [-0.2, -0.15) is 0 Å². The van der Waals surface area contributed by atoms with E-state index in [4.69, 9.17) is 9.47 Å². The van der Waals surface area contributed by atoms with E-state index < -0.39 is 0 Å². The lowest BCUT2D eigenvalue weighted by atomic mass is 10.0. The fourth-order valence-electron chi connectivity index (χ4n) is 3.89. The lowest BCUT2D eigenvalue weighted by molar-refractivity contribution is -0.125. The van der Waals surface area contributed by atoms with E-state index in [0.29, 0.717) is 31.4 Å². The van der Waals surface area contributed by atoms with Gasteiger partial charge in [0.2, 0.25) is 11.8 Å². The van der Waals surface area contributed by atoms with E-state index in [9.17, 15) is 4.79 Å². The minimum Gasteiger partial charge on any atom is -0.472 e. The molecule has 1 aromatic heterocycles. The first-order valence-corrected chi connectivity index (χ1v) is 9.29. The lowest BCUT2D eigenvalue weighted by Gasteiger charge is -2.32. The second-order valence-corrected chi connectivity index (χ2v) is 7.11. The summed E-state index contributed by atoms with van der Waals surface area (Å²) in [5, 5.41) is 3.13. The Kier molecular flexibility index (Phi) is 5.16. The summed E-state index contributed by atoms with van der Waals surface area (Å²) in [5.74, 6) is 1.05. The fourth-order valence-corrected chi connectivity index (χ4v) is 3.89. The highest BCUT2D eigenvalue weighted by molar-refractivity contribution is 5.76. The van der Waals surface area contributed by atoms with Gasteiger partial charge in [0.1, 0.15) is 6.10 Å². The van der Waals surface area contributed by atoms with Crippen molar-refractivity contribution in [2.75, 3.05) is 13.2 Å². The molecule has 5 nitrogen and oxygen atoms in total. The molecule has 0 bridgehead atoms. The lowest BCUT2D eigenvalue weighted by Crippen LogP contribution is -2.52. The van der Waals surface area contributed by atoms with Gasteiger partial charge >= 0.3 is 0 Å². The van der Waals surface area contributed by atoms with E-state index in [1.807, 2.05) is 18.2 Å². The fraction of sp³-hybridized carbons (Fsp3) is 0.429. The Hall–Kier alpha value is -2.40. The number of carbonyl (C=O) groups excluding carboxylic acids is 1. The first-order chi connectivity index (χ1) is 12.8. The van der Waals surface area contributed by atoms with Crippen LogP contribution in [0.1, 0.15) is 24.0 Å². The summed E-state index contributed by atoms with van der Waals surface area (Å²) in [4.78, 5) is 16.8. The highest BCUT2D eigenvalue weighted by Crippen LogP contribution is 2.28. The standard InChI is InChI=1S/C21H24N2O3/c24-20(13-15-11-16-5-1-2-6-17(16)12-15)23-18-14-25-10-8-19(18)26-21-7-3-4-9-22-21/h1-7,9,15,18-19H,8,10-14H2,(H,23,24)/t18-,19-/m1/s1. The van der Waals surface area contributed by atoms with Gasteiger partial charge in [-0.05, 0) is 36.0 Å². The van der Waals surface area contributed by atoms with Crippen molar-refractivity contribution in [2.45, 2.75) is 37.8 Å². The second kappa shape index (κ2) is 7.87. The molecular weight excluding hydrogens is 328 g/mol. The molecule has 2 atom stereocenters. The van der Waals surface area contributed by atoms with Crippen LogP contribution in [-0.4, -0.2) is 36.3 Å². The molecule has 26 heavy (non-hydrogen) atoms. The number of pyridine rings is 1. The molecule has 0 spiro atoms. The summed E-state index contributed by atoms with van der Waals surface area (Å²) in [5.41, 5.74) is 2.75. The molecule has 1 N–H and O–H groups in total. The van der Waals surface area contributed by atoms with Crippen LogP contribution in [0.4, 0.5) is 0 Å². The van der Waals surface area contributed by atoms with Gasteiger partial charge in [0, 0.05) is 25.1 Å². The van der Waals surface area contributed by atoms with Crippen molar-refractivity contribution in [3.05, 3.63) is 59.8 Å². The SMILES string of the molecule is O=C(CC1Cc2ccccc2C1)N[C@@H]1COCC[C@H]1Oc1ccccn1. The number of aromatic nitrogens is 1. The third-order valence-corrected chi connectivity index (χ3v) is 5.16. The zero-order valence-corrected chi connectivity index (χ0v) is 14.8. The van der Waals surface area contributed by atoms with Crippen LogP contribution in [0.25, 0.3) is 0 Å². The topological polar surface area (TPSA) is 60.5 Å². The van der Waals surface area contributed by atoms with Crippen LogP contribution in [0, 0.1) is 5.92 Å². The van der Waals surface area contributed by atoms with Crippen LogP contribution in [0.3, 0.4) is 0 Å². The molecule has 2 aromatic rings. The van der Waals surface area contributed by atoms with E-state index in [2.05, 4.69) is 34.6 Å². The smallest absolute Gasteiger partial charge is 0.220 e. The zero-order valence-electron chi connectivity index (χ0n) is 14.8. The Morgan fingerprint density at radius 2 is 1.92 bits per heavy atom. The van der Waals surface area contributed by atoms with Crippen molar-refractivity contribution in [3.63, 3.8) is 0 Å². The van der Waals surface area contributed by atoms with Crippen molar-refractivity contribution >= 4 is 5.91 Å². The second-order valence-electron chi connectivity index (χ2n) is 7.11. The normalized spacial score (nSPS) is 22.6. The summed E-state index contributed by atoms with van der Waals surface area (Å²) >= 11 is 0. The number of hydrogen-bond donors (Lipinski definition) is 1. The molecule has 2 aliphatic rings. The van der Waals surface area contributed by atoms with E-state index in [0.717, 1.165) is 19.3 Å². The van der Waals surface area contributed by atoms with Crippen molar-refractivity contribution in [1.29, 1.82) is 0 Å². The predicted molar refractivity (Wildman–Crippen MR) is 98.0 cm³/mol. The molecule has 1 saturated heterocycles. The number of nitrogens with zero attached hydrogens (tertiary/aromatic N) is 1. The van der Waals surface area contributed by atoms with E-state index >= 15 is 0 Å². The van der Waals surface area contributed by atoms with Gasteiger partial charge in [-0.3, -0.25) is 4.79 Å². The molecule has 2 heterocycles. The number of ether oxygens (including phenoxy) is 2. The number of benzene rings is 1. The molecule has 0 unspecified atom stereocenters. The Morgan fingerprint density at radius 1 is 1.15 bits per heavy atom. The molecule has 1 fully saturated rings. The summed E-state index contributed by atoms with van der Waals surface area (Å²) in [6.07, 6.45) is 4.86. The van der Waals surface area contributed by atoms with Crippen LogP contribution in [0.5, 0.6) is 5.88 Å². The molecule has 0 radical (unpaired) electrons. The summed E-state index contributed by atoms with van der Waals surface area (Å²) in [6, 6.07) is 13.9. The van der Waals surface area contributed by atoms with Gasteiger partial charge in [-0.25, -0.2) is 4.98 Å². The number of amides is 1. The van der Waals surface area contributed by atoms with Crippen molar-refractivity contribution in [2.24, 2.45) is 5.92 Å². The summed E-state index contributed by atoms with van der Waals surface area (Å²) in [7, 11) is 0.